The number of benzene rings is 1. The van der Waals surface area contributed by atoms with Gasteiger partial charge in [0, 0.05) is 6.42 Å². The molecule has 32 heavy (non-hydrogen) atoms. The lowest BCUT2D eigenvalue weighted by molar-refractivity contribution is -0.134. The average molecular weight is 435 g/mol. The van der Waals surface area contributed by atoms with E-state index in [-0.39, 0.29) is 17.7 Å². The highest BCUT2D eigenvalue weighted by Crippen LogP contribution is 2.18. The van der Waals surface area contributed by atoms with Crippen LogP contribution in [0, 0.1) is 0 Å². The molecule has 0 bridgehead atoms. The van der Waals surface area contributed by atoms with E-state index in [1.165, 1.54) is 12.1 Å². The van der Waals surface area contributed by atoms with Gasteiger partial charge in [0.15, 0.2) is 0 Å². The first kappa shape index (κ1) is 26.6. The molecule has 1 rings (SSSR count). The van der Waals surface area contributed by atoms with Gasteiger partial charge >= 0.3 is 11.9 Å². The van der Waals surface area contributed by atoms with Crippen LogP contribution < -0.4 is 4.74 Å². The zero-order valence-electron chi connectivity index (χ0n) is 18.9. The molecule has 170 valence electrons. The van der Waals surface area contributed by atoms with Crippen LogP contribution in [-0.4, -0.2) is 17.0 Å². The van der Waals surface area contributed by atoms with Gasteiger partial charge in [-0.2, -0.15) is 0 Å². The number of ether oxygens (including phenoxy) is 1. The molecule has 0 radical (unpaired) electrons. The zero-order valence-corrected chi connectivity index (χ0v) is 18.9. The van der Waals surface area contributed by atoms with Crippen LogP contribution in [0.3, 0.4) is 0 Å². The van der Waals surface area contributed by atoms with Crippen molar-refractivity contribution < 1.29 is 19.4 Å². The van der Waals surface area contributed by atoms with Crippen molar-refractivity contribution in [2.24, 2.45) is 0 Å². The minimum Gasteiger partial charge on any atom is -0.478 e. The van der Waals surface area contributed by atoms with Gasteiger partial charge in [0.05, 0.1) is 0 Å². The quantitative estimate of drug-likeness (QED) is 0.178. The van der Waals surface area contributed by atoms with E-state index in [0.717, 1.165) is 32.1 Å². The molecule has 0 aliphatic carbocycles. The number of carbonyl (C=O) groups is 2. The molecule has 1 aromatic rings. The first-order valence-corrected chi connectivity index (χ1v) is 11.0. The fourth-order valence-corrected chi connectivity index (χ4v) is 2.62. The van der Waals surface area contributed by atoms with Crippen molar-refractivity contribution in [2.45, 2.75) is 51.9 Å². The number of allylic oxidation sites excluding steroid dienone is 12. The Morgan fingerprint density at radius 3 is 1.72 bits per heavy atom. The number of hydrogen-bond acceptors (Lipinski definition) is 3. The number of para-hydroxylation sites is 1. The monoisotopic (exact) mass is 434 g/mol. The summed E-state index contributed by atoms with van der Waals surface area (Å²) in [7, 11) is 0. The molecule has 0 saturated heterocycles. The minimum absolute atomic E-state index is 0.0144. The fourth-order valence-electron chi connectivity index (χ4n) is 2.62. The Bertz CT molecular complexity index is 854. The lowest BCUT2D eigenvalue weighted by Gasteiger charge is -2.06. The van der Waals surface area contributed by atoms with Gasteiger partial charge in [0.2, 0.25) is 0 Å². The maximum absolute atomic E-state index is 11.9. The summed E-state index contributed by atoms with van der Waals surface area (Å²) >= 11 is 0. The maximum atomic E-state index is 11.9. The van der Waals surface area contributed by atoms with Gasteiger partial charge in [0.25, 0.3) is 0 Å². The topological polar surface area (TPSA) is 63.6 Å². The van der Waals surface area contributed by atoms with E-state index < -0.39 is 11.9 Å². The van der Waals surface area contributed by atoms with Crippen LogP contribution in [0.1, 0.15) is 62.2 Å². The number of carboxylic acids is 1. The summed E-state index contributed by atoms with van der Waals surface area (Å²) in [6.45, 7) is 2.03. The molecule has 0 heterocycles. The predicted octanol–water partition coefficient (Wildman–Crippen LogP) is 7.38. The highest BCUT2D eigenvalue weighted by Gasteiger charge is 2.13. The largest absolute Gasteiger partial charge is 0.478 e. The van der Waals surface area contributed by atoms with Gasteiger partial charge in [-0.15, -0.1) is 0 Å². The van der Waals surface area contributed by atoms with Crippen molar-refractivity contribution in [3.05, 3.63) is 103 Å². The Labute approximate surface area is 192 Å². The van der Waals surface area contributed by atoms with Gasteiger partial charge in [0.1, 0.15) is 11.3 Å². The highest BCUT2D eigenvalue weighted by molar-refractivity contribution is 5.91. The molecule has 0 aromatic heterocycles. The van der Waals surface area contributed by atoms with Crippen molar-refractivity contribution >= 4 is 11.9 Å². The summed E-state index contributed by atoms with van der Waals surface area (Å²) in [5, 5.41) is 9.10. The third kappa shape index (κ3) is 13.8. The minimum atomic E-state index is -1.12. The third-order valence-electron chi connectivity index (χ3n) is 4.29. The second-order valence-corrected chi connectivity index (χ2v) is 6.92. The Kier molecular flexibility index (Phi) is 15.3. The molecule has 0 saturated carbocycles. The number of aromatic carboxylic acids is 1. The summed E-state index contributed by atoms with van der Waals surface area (Å²) < 4.78 is 5.15. The van der Waals surface area contributed by atoms with Gasteiger partial charge in [-0.05, 0) is 57.6 Å². The molecule has 4 nitrogen and oxygen atoms in total. The lowest BCUT2D eigenvalue weighted by Crippen LogP contribution is -2.10. The first-order chi connectivity index (χ1) is 15.6. The molecule has 0 unspecified atom stereocenters. The first-order valence-electron chi connectivity index (χ1n) is 11.0. The summed E-state index contributed by atoms with van der Waals surface area (Å²) in [6.07, 6.45) is 30.8. The molecule has 0 aliphatic rings. The smallest absolute Gasteiger partial charge is 0.339 e. The lowest BCUT2D eigenvalue weighted by atomic mass is 10.2. The van der Waals surface area contributed by atoms with Crippen LogP contribution in [0.5, 0.6) is 5.75 Å². The second kappa shape index (κ2) is 18.4. The van der Waals surface area contributed by atoms with Crippen LogP contribution in [0.15, 0.2) is 97.2 Å². The molecule has 0 amide bonds. The fraction of sp³-hybridized carbons (Fsp3) is 0.286. The van der Waals surface area contributed by atoms with Gasteiger partial charge in [-0.25, -0.2) is 4.79 Å². The van der Waals surface area contributed by atoms with Crippen molar-refractivity contribution in [1.29, 1.82) is 0 Å². The van der Waals surface area contributed by atoms with E-state index in [4.69, 9.17) is 9.84 Å². The van der Waals surface area contributed by atoms with Crippen LogP contribution in [-0.2, 0) is 4.79 Å². The van der Waals surface area contributed by atoms with E-state index in [1.54, 1.807) is 12.1 Å². The number of esters is 1. The zero-order chi connectivity index (χ0) is 23.3. The number of rotatable bonds is 15. The van der Waals surface area contributed by atoms with E-state index in [1.807, 2.05) is 19.1 Å². The van der Waals surface area contributed by atoms with E-state index in [0.29, 0.717) is 6.42 Å². The van der Waals surface area contributed by atoms with E-state index >= 15 is 0 Å². The van der Waals surface area contributed by atoms with E-state index in [9.17, 15) is 9.59 Å². The van der Waals surface area contributed by atoms with Crippen LogP contribution in [0.2, 0.25) is 0 Å². The summed E-state index contributed by atoms with van der Waals surface area (Å²) in [4.78, 5) is 23.0. The SMILES string of the molecule is C/C=C\C/C=C\C/C=C\C/C=C\C/C=C\C/C=C\CCC(=O)Oc1ccccc1C(=O)O. The molecular formula is C28H34O4. The summed E-state index contributed by atoms with van der Waals surface area (Å²) in [5.74, 6) is -1.48. The molecule has 1 aromatic carbocycles. The van der Waals surface area contributed by atoms with Crippen molar-refractivity contribution in [1.82, 2.24) is 0 Å². The van der Waals surface area contributed by atoms with Crippen molar-refractivity contribution in [2.75, 3.05) is 0 Å². The van der Waals surface area contributed by atoms with E-state index in [2.05, 4.69) is 60.8 Å². The number of hydrogen-bond donors (Lipinski definition) is 1. The second-order valence-electron chi connectivity index (χ2n) is 6.92. The van der Waals surface area contributed by atoms with Crippen LogP contribution >= 0.6 is 0 Å². The Morgan fingerprint density at radius 1 is 0.750 bits per heavy atom. The van der Waals surface area contributed by atoms with Gasteiger partial charge in [-0.3, -0.25) is 4.79 Å². The molecule has 0 atom stereocenters. The standard InChI is InChI=1S/C28H34O4/c1-2-3-4-5-6-7-8-9-10-11-12-13-14-15-16-17-18-19-24-27(29)32-26-23-21-20-22-25(26)28(30)31/h2-3,5-6,8-9,11-12,14-15,17-18,20-23H,4,7,10,13,16,19,24H2,1H3,(H,30,31)/b3-2-,6-5-,9-8-,12-11-,15-14-,18-17-. The predicted molar refractivity (Wildman–Crippen MR) is 132 cm³/mol. The average Bonchev–Trinajstić information content (AvgIpc) is 2.78. The molecule has 0 aliphatic heterocycles. The van der Waals surface area contributed by atoms with Gasteiger partial charge < -0.3 is 9.84 Å². The summed E-state index contributed by atoms with van der Waals surface area (Å²) in [6, 6.07) is 6.13. The number of carbonyl (C=O) groups excluding carboxylic acids is 1. The van der Waals surface area contributed by atoms with Gasteiger partial charge in [-0.1, -0.05) is 85.0 Å². The Balaban J connectivity index is 2.11. The molecule has 1 N–H and O–H groups in total. The third-order valence-corrected chi connectivity index (χ3v) is 4.29. The van der Waals surface area contributed by atoms with Crippen molar-refractivity contribution in [3.8, 4) is 5.75 Å². The summed E-state index contributed by atoms with van der Waals surface area (Å²) in [5.41, 5.74) is -0.0144. The molecular weight excluding hydrogens is 400 g/mol. The van der Waals surface area contributed by atoms with Crippen LogP contribution in [0.4, 0.5) is 0 Å². The number of carboxylic acid groups (broad SMARTS) is 1. The Morgan fingerprint density at radius 2 is 1.22 bits per heavy atom. The molecule has 0 fully saturated rings. The normalized spacial score (nSPS) is 12.4. The Hall–Kier alpha value is -3.40. The highest BCUT2D eigenvalue weighted by atomic mass is 16.5. The maximum Gasteiger partial charge on any atom is 0.339 e. The van der Waals surface area contributed by atoms with Crippen molar-refractivity contribution in [3.63, 3.8) is 0 Å². The van der Waals surface area contributed by atoms with Crippen LogP contribution in [0.25, 0.3) is 0 Å². The molecule has 0 spiro atoms. The molecule has 4 heteroatoms.